The van der Waals surface area contributed by atoms with Crippen molar-refractivity contribution in [3.05, 3.63) is 0 Å². The molecule has 57 radical (unpaired) electrons. The third kappa shape index (κ3) is 15.4. The van der Waals surface area contributed by atoms with Crippen LogP contribution >= 0.6 is 0 Å². The van der Waals surface area contributed by atoms with Crippen LogP contribution in [0.5, 0.6) is 0 Å². The minimum absolute atomic E-state index is 1.24. The van der Waals surface area contributed by atoms with E-state index < -0.39 is 166 Å². The highest BCUT2D eigenvalue weighted by atomic mass is 13.4. The van der Waals surface area contributed by atoms with Crippen molar-refractivity contribution in [3.8, 4) is 0 Å². The molecule has 0 saturated carbocycles. The van der Waals surface area contributed by atoms with E-state index >= 15 is 0 Å². The fourth-order valence-electron chi connectivity index (χ4n) is 9.24. The summed E-state index contributed by atoms with van der Waals surface area (Å²) in [7, 11) is 182. The predicted molar refractivity (Wildman–Crippen MR) is 311 cm³/mol. The van der Waals surface area contributed by atoms with Gasteiger partial charge in [0.15, 0.2) is 0 Å². The van der Waals surface area contributed by atoms with E-state index in [1.54, 1.807) is 0 Å². The highest BCUT2D eigenvalue weighted by molar-refractivity contribution is 8.36. The molecule has 54 heteroatoms. The Balaban J connectivity index is 9.98. The SMILES string of the molecule is [B]B([B])B(B([B])[B])B(B(B([B])[B])B([B])[B])B(B(B(B([B])[B])B([B])[B])B(B([B])[B])B([B])[B])B(B(B([B])[B])B([B])[B])B(B(B([B])[B])B([B])[B])B(B([B])[B])B([B])[B-]. The van der Waals surface area contributed by atoms with E-state index in [1.807, 2.05) is 0 Å². The van der Waals surface area contributed by atoms with E-state index in [0.29, 0.717) is 0 Å². The molecular formula is B54-. The van der Waals surface area contributed by atoms with Gasteiger partial charge in [-0.3, -0.25) is 0 Å². The highest BCUT2D eigenvalue weighted by Gasteiger charge is 2.60. The molecule has 0 aliphatic heterocycles. The second-order valence-corrected chi connectivity index (χ2v) is 15.0. The summed E-state index contributed by atoms with van der Waals surface area (Å²) >= 11 is 0. The second kappa shape index (κ2) is 26.2. The van der Waals surface area contributed by atoms with Crippen LogP contribution in [-0.2, 0) is 0 Å². The molecule has 0 aliphatic carbocycles. The van der Waals surface area contributed by atoms with Gasteiger partial charge in [-0.1, -0.05) is 0 Å². The molecule has 0 atom stereocenters. The lowest BCUT2D eigenvalue weighted by molar-refractivity contribution is 3.18. The Kier molecular flexibility index (Phi) is 27.9. The predicted octanol–water partition coefficient (Wildman–Crippen LogP) is -20.6. The summed E-state index contributed by atoms with van der Waals surface area (Å²) in [6.07, 6.45) is -35.1. The van der Waals surface area contributed by atoms with Gasteiger partial charge in [-0.15, -0.1) is 0 Å². The van der Waals surface area contributed by atoms with Gasteiger partial charge in [0.05, 0.1) is 0 Å². The lowest BCUT2D eigenvalue weighted by Gasteiger charge is -2.58. The smallest absolute Gasteiger partial charge is 0.0000000000000000739 e. The van der Waals surface area contributed by atoms with Crippen molar-refractivity contribution in [2.24, 2.45) is 0 Å². The number of hydrogen-bond donors (Lipinski definition) is 0. The summed E-state index contributed by atoms with van der Waals surface area (Å²) in [6.45, 7) is 0. The van der Waals surface area contributed by atoms with Crippen molar-refractivity contribution in [2.75, 3.05) is 0 Å². The van der Waals surface area contributed by atoms with Crippen LogP contribution in [0.15, 0.2) is 0 Å². The standard InChI is InChI=1S/B54/c1-29(2)43(30(3)4)50(44(31(5)6)32(7)8)53(49(41(25)26)42(27)28)54(51(45(33(9)10)34(11)12)46(35(13)14)36(15)16)52(47(37(17)18)38(19)20)48(39(21)22)40(23)24/q-1. The van der Waals surface area contributed by atoms with Gasteiger partial charge < -0.3 is 7.74 Å². The van der Waals surface area contributed by atoms with Crippen LogP contribution in [0, 0.1) is 0 Å². The van der Waals surface area contributed by atoms with Gasteiger partial charge in [-0.2, -0.15) is 0 Å². The van der Waals surface area contributed by atoms with Gasteiger partial charge in [-0.05, 0) is 369 Å². The molecule has 0 rings (SSSR count). The van der Waals surface area contributed by atoms with E-state index in [-0.39, 0.29) is 0 Å². The average Bonchev–Trinajstić information content (AvgIpc) is 2.93. The van der Waals surface area contributed by atoms with E-state index in [4.69, 9.17) is 217 Å². The summed E-state index contributed by atoms with van der Waals surface area (Å²) in [4.78, 5) is 0. The molecule has 0 bridgehead atoms. The summed E-state index contributed by atoms with van der Waals surface area (Å²) in [6, 6.07) is 0. The summed E-state index contributed by atoms with van der Waals surface area (Å²) in [5.74, 6) is 0. The Morgan fingerprint density at radius 2 is 0.241 bits per heavy atom. The van der Waals surface area contributed by atoms with Crippen molar-refractivity contribution in [3.63, 3.8) is 0 Å². The van der Waals surface area contributed by atoms with Crippen LogP contribution in [-0.4, -0.2) is 383 Å². The lowest BCUT2D eigenvalue weighted by Crippen LogP contribution is -2.96. The number of rotatable bonds is 25. The third-order valence-corrected chi connectivity index (χ3v) is 11.1. The van der Waals surface area contributed by atoms with Crippen LogP contribution in [0.1, 0.15) is 0 Å². The van der Waals surface area contributed by atoms with Gasteiger partial charge in [0.25, 0.3) is 0 Å². The topological polar surface area (TPSA) is 0 Å². The normalized spacial score (nSPS) is 9.72. The van der Waals surface area contributed by atoms with Crippen molar-refractivity contribution < 1.29 is 0 Å². The number of hydrogen-bond acceptors (Lipinski definition) is 0. The summed E-state index contributed by atoms with van der Waals surface area (Å²) in [5, 5.41) is 0. The molecule has 0 nitrogen and oxygen atoms in total. The molecule has 0 aliphatic rings. The van der Waals surface area contributed by atoms with Crippen LogP contribution in [0.4, 0.5) is 0 Å². The van der Waals surface area contributed by atoms with Crippen molar-refractivity contribution in [1.82, 2.24) is 0 Å². The zero-order valence-corrected chi connectivity index (χ0v) is 31.2. The van der Waals surface area contributed by atoms with Crippen LogP contribution in [0.3, 0.4) is 0 Å². The lowest BCUT2D eigenvalue weighted by atomic mass is 8.24. The van der Waals surface area contributed by atoms with Crippen LogP contribution in [0.25, 0.3) is 0 Å². The second-order valence-electron chi connectivity index (χ2n) is 15.0. The first-order valence-electron chi connectivity index (χ1n) is 17.7. The van der Waals surface area contributed by atoms with Gasteiger partial charge >= 0.3 is 0 Å². The van der Waals surface area contributed by atoms with Gasteiger partial charge in [0.1, 0.15) is 0 Å². The van der Waals surface area contributed by atoms with Crippen molar-refractivity contribution >= 4 is 383 Å². The molecule has 0 aromatic rings. The first kappa shape index (κ1) is 57.5. The largest absolute Gasteiger partial charge is 0.687 e. The van der Waals surface area contributed by atoms with Gasteiger partial charge in [0.2, 0.25) is 0 Å². The third-order valence-electron chi connectivity index (χ3n) is 11.1. The van der Waals surface area contributed by atoms with Crippen molar-refractivity contribution in [2.45, 2.75) is 0 Å². The maximum absolute atomic E-state index is 6.57. The zero-order valence-electron chi connectivity index (χ0n) is 31.2. The maximum atomic E-state index is 6.57. The quantitative estimate of drug-likeness (QED) is 0.0938. The molecule has 0 saturated heterocycles. The Labute approximate surface area is 379 Å². The summed E-state index contributed by atoms with van der Waals surface area (Å²) < 4.78 is 0. The molecule has 0 fully saturated rings. The Bertz CT molecular complexity index is 793. The van der Waals surface area contributed by atoms with E-state index in [2.05, 4.69) is 0 Å². The Morgan fingerprint density at radius 3 is 0.352 bits per heavy atom. The molecule has 0 aromatic carbocycles. The van der Waals surface area contributed by atoms with Crippen LogP contribution < -0.4 is 0 Å². The minimum Gasteiger partial charge on any atom is -0.687 e. The molecule has 163 valence electrons. The van der Waals surface area contributed by atoms with Gasteiger partial charge in [0, 0.05) is 0 Å². The van der Waals surface area contributed by atoms with Gasteiger partial charge in [-0.25, -0.2) is 6.39 Å². The van der Waals surface area contributed by atoms with Crippen LogP contribution in [0.2, 0.25) is 0 Å². The molecule has 0 spiro atoms. The van der Waals surface area contributed by atoms with E-state index in [0.717, 1.165) is 0 Å². The Morgan fingerprint density at radius 1 is 0.148 bits per heavy atom. The fourth-order valence-corrected chi connectivity index (χ4v) is 9.24. The average molecular weight is 584 g/mol. The zero-order chi connectivity index (χ0) is 43.0. The molecular weight excluding hydrogens is 584 g/mol. The molecule has 0 aromatic heterocycles. The van der Waals surface area contributed by atoms with E-state index in [1.165, 1.54) is 0 Å². The highest BCUT2D eigenvalue weighted by Crippen LogP contribution is 2.23. The minimum atomic E-state index is -1.44. The monoisotopic (exact) mass is 595 g/mol. The summed E-state index contributed by atoms with van der Waals surface area (Å²) in [5.41, 5.74) is 0. The molecule has 0 heterocycles. The molecule has 0 N–H and O–H groups in total. The van der Waals surface area contributed by atoms with Crippen molar-refractivity contribution in [1.29, 1.82) is 0 Å². The first-order valence-corrected chi connectivity index (χ1v) is 17.7. The molecule has 0 unspecified atom stereocenters. The van der Waals surface area contributed by atoms with E-state index in [9.17, 15) is 0 Å². The first-order chi connectivity index (χ1) is 24.5. The Hall–Kier alpha value is 3.51. The maximum Gasteiger partial charge on any atom is -0.0000000000000000739 e. The molecule has 54 heavy (non-hydrogen) atoms. The molecule has 0 amide bonds. The fraction of sp³-hybridized carbons (Fsp3) is 0.